The molecule has 0 aliphatic heterocycles. The van der Waals surface area contributed by atoms with Crippen molar-refractivity contribution in [3.05, 3.63) is 57.7 Å². The van der Waals surface area contributed by atoms with E-state index in [1.165, 1.54) is 12.4 Å². The van der Waals surface area contributed by atoms with Gasteiger partial charge >= 0.3 is 186 Å². The van der Waals surface area contributed by atoms with Gasteiger partial charge in [-0.25, -0.2) is 0 Å². The van der Waals surface area contributed by atoms with Gasteiger partial charge in [0.25, 0.3) is 0 Å². The van der Waals surface area contributed by atoms with Crippen LogP contribution < -0.4 is 10.1 Å². The molecular formula is C19H13BrClN5O2Se. The Bertz CT molecular complexity index is 1250. The maximum absolute atomic E-state index is 13.1. The SMILES string of the molecule is COc1cnc(Cl)cc1-c1cc(C)ncc1C(=O)Nc1nc2ccc(Br)nc2[se]1. The van der Waals surface area contributed by atoms with Crippen LogP contribution in [0.25, 0.3) is 21.0 Å². The van der Waals surface area contributed by atoms with E-state index in [1.807, 2.05) is 25.1 Å². The number of nitrogens with one attached hydrogen (secondary N) is 1. The Kier molecular flexibility index (Phi) is 5.65. The molecule has 0 saturated heterocycles. The predicted molar refractivity (Wildman–Crippen MR) is 116 cm³/mol. The van der Waals surface area contributed by atoms with Crippen LogP contribution >= 0.6 is 27.5 Å². The standard InChI is InChI=1S/C19H13BrClN5O2Se/c1-9-5-10(11-6-16(21)23-8-14(11)28-2)12(7-22-9)17(27)26-19-24-13-3-4-15(20)25-18(13)29-19/h3-8H,1-2H3,(H,24,26,27). The number of halogens is 2. The summed E-state index contributed by atoms with van der Waals surface area (Å²) in [5.74, 6) is 0.202. The molecule has 1 amide bonds. The Hall–Kier alpha value is -2.32. The summed E-state index contributed by atoms with van der Waals surface area (Å²) in [6.07, 6.45) is 3.07. The number of carbonyl (C=O) groups is 1. The van der Waals surface area contributed by atoms with E-state index in [0.717, 1.165) is 20.2 Å². The summed E-state index contributed by atoms with van der Waals surface area (Å²) in [5, 5.41) is 3.20. The van der Waals surface area contributed by atoms with Crippen LogP contribution in [0.2, 0.25) is 5.15 Å². The van der Waals surface area contributed by atoms with Gasteiger partial charge in [-0.3, -0.25) is 0 Å². The van der Waals surface area contributed by atoms with Crippen LogP contribution in [0.4, 0.5) is 4.69 Å². The first kappa shape index (κ1) is 20.0. The van der Waals surface area contributed by atoms with E-state index >= 15 is 0 Å². The number of hydrogen-bond donors (Lipinski definition) is 1. The van der Waals surface area contributed by atoms with Gasteiger partial charge in [0.15, 0.2) is 0 Å². The molecule has 0 aliphatic carbocycles. The van der Waals surface area contributed by atoms with Gasteiger partial charge in [0, 0.05) is 0 Å². The fourth-order valence-corrected chi connectivity index (χ4v) is 5.25. The van der Waals surface area contributed by atoms with E-state index in [9.17, 15) is 4.79 Å². The number of nitrogens with zero attached hydrogens (tertiary/aromatic N) is 4. The molecule has 4 rings (SSSR count). The second-order valence-electron chi connectivity index (χ2n) is 6.01. The molecule has 4 heterocycles. The zero-order chi connectivity index (χ0) is 20.5. The Morgan fingerprint density at radius 2 is 2.00 bits per heavy atom. The van der Waals surface area contributed by atoms with Crippen LogP contribution in [0, 0.1) is 6.92 Å². The second-order valence-corrected chi connectivity index (χ2v) is 9.26. The van der Waals surface area contributed by atoms with Crippen LogP contribution in [0.5, 0.6) is 5.75 Å². The average molecular weight is 538 g/mol. The number of ether oxygens (including phenoxy) is 1. The topological polar surface area (TPSA) is 89.9 Å². The molecule has 7 nitrogen and oxygen atoms in total. The number of anilines is 1. The number of hydrogen-bond acceptors (Lipinski definition) is 6. The Morgan fingerprint density at radius 1 is 1.17 bits per heavy atom. The molecule has 0 fully saturated rings. The Balaban J connectivity index is 1.75. The fourth-order valence-electron chi connectivity index (χ4n) is 2.77. The molecule has 0 bridgehead atoms. The molecule has 4 aromatic rings. The molecule has 4 aromatic heterocycles. The molecule has 10 heteroatoms. The van der Waals surface area contributed by atoms with Crippen LogP contribution in [0.15, 0.2) is 41.3 Å². The molecule has 0 atom stereocenters. The van der Waals surface area contributed by atoms with E-state index in [2.05, 4.69) is 41.2 Å². The molecule has 1 N–H and O–H groups in total. The molecule has 0 unspecified atom stereocenters. The van der Waals surface area contributed by atoms with Crippen molar-refractivity contribution in [1.82, 2.24) is 19.9 Å². The van der Waals surface area contributed by atoms with Crippen molar-refractivity contribution in [2.75, 3.05) is 12.4 Å². The zero-order valence-electron chi connectivity index (χ0n) is 15.2. The molecule has 0 radical (unpaired) electrons. The fraction of sp³-hybridized carbons (Fsp3) is 0.105. The summed E-state index contributed by atoms with van der Waals surface area (Å²) >= 11 is 9.26. The third kappa shape index (κ3) is 4.18. The van der Waals surface area contributed by atoms with E-state index in [1.54, 1.807) is 13.2 Å². The van der Waals surface area contributed by atoms with Crippen molar-refractivity contribution in [1.29, 1.82) is 0 Å². The van der Waals surface area contributed by atoms with Crippen molar-refractivity contribution in [3.63, 3.8) is 0 Å². The van der Waals surface area contributed by atoms with E-state index in [0.29, 0.717) is 32.3 Å². The summed E-state index contributed by atoms with van der Waals surface area (Å²) in [7, 11) is 1.54. The van der Waals surface area contributed by atoms with Gasteiger partial charge in [0.2, 0.25) is 0 Å². The van der Waals surface area contributed by atoms with Gasteiger partial charge < -0.3 is 0 Å². The third-order valence-electron chi connectivity index (χ3n) is 4.07. The van der Waals surface area contributed by atoms with Gasteiger partial charge in [-0.05, 0) is 0 Å². The van der Waals surface area contributed by atoms with Gasteiger partial charge in [0.05, 0.1) is 0 Å². The first-order valence-electron chi connectivity index (χ1n) is 8.35. The number of methoxy groups -OCH3 is 1. The number of fused-ring (bicyclic) bond motifs is 1. The van der Waals surface area contributed by atoms with Crippen LogP contribution in [0.3, 0.4) is 0 Å². The Labute approximate surface area is 185 Å². The minimum absolute atomic E-state index is 0.190. The normalized spacial score (nSPS) is 10.9. The number of aryl methyl sites for hydroxylation is 1. The van der Waals surface area contributed by atoms with Crippen LogP contribution in [-0.2, 0) is 0 Å². The predicted octanol–water partition coefficient (Wildman–Crippen LogP) is 4.13. The Morgan fingerprint density at radius 3 is 2.79 bits per heavy atom. The molecule has 0 aliphatic rings. The summed E-state index contributed by atoms with van der Waals surface area (Å²) in [5.41, 5.74) is 3.24. The number of carbonyl (C=O) groups excluding carboxylic acids is 1. The first-order chi connectivity index (χ1) is 13.9. The van der Waals surface area contributed by atoms with Crippen molar-refractivity contribution < 1.29 is 9.53 Å². The van der Waals surface area contributed by atoms with Gasteiger partial charge in [-0.2, -0.15) is 0 Å². The average Bonchev–Trinajstić information content (AvgIpc) is 3.09. The van der Waals surface area contributed by atoms with Gasteiger partial charge in [-0.15, -0.1) is 0 Å². The molecule has 146 valence electrons. The van der Waals surface area contributed by atoms with Crippen LogP contribution in [-0.4, -0.2) is 47.5 Å². The second kappa shape index (κ2) is 8.20. The maximum atomic E-state index is 13.1. The summed E-state index contributed by atoms with van der Waals surface area (Å²) in [6.45, 7) is 1.85. The molecular weight excluding hydrogens is 525 g/mol. The van der Waals surface area contributed by atoms with Crippen molar-refractivity contribution in [3.8, 4) is 16.9 Å². The molecule has 0 spiro atoms. The molecule has 0 aromatic carbocycles. The van der Waals surface area contributed by atoms with Crippen molar-refractivity contribution >= 4 is 62.5 Å². The number of amides is 1. The van der Waals surface area contributed by atoms with Crippen molar-refractivity contribution in [2.45, 2.75) is 6.92 Å². The summed E-state index contributed by atoms with van der Waals surface area (Å²) in [4.78, 5) is 30.3. The van der Waals surface area contributed by atoms with Gasteiger partial charge in [-0.1, -0.05) is 0 Å². The number of aromatic nitrogens is 4. The van der Waals surface area contributed by atoms with E-state index in [-0.39, 0.29) is 20.4 Å². The van der Waals surface area contributed by atoms with E-state index < -0.39 is 0 Å². The van der Waals surface area contributed by atoms with Gasteiger partial charge in [0.1, 0.15) is 0 Å². The summed E-state index contributed by atoms with van der Waals surface area (Å²) < 4.78 is 7.61. The summed E-state index contributed by atoms with van der Waals surface area (Å²) in [6, 6.07) is 7.18. The molecule has 0 saturated carbocycles. The first-order valence-corrected chi connectivity index (χ1v) is 11.2. The third-order valence-corrected chi connectivity index (χ3v) is 6.57. The van der Waals surface area contributed by atoms with Crippen molar-refractivity contribution in [2.24, 2.45) is 0 Å². The minimum atomic E-state index is -0.310. The zero-order valence-corrected chi connectivity index (χ0v) is 19.3. The van der Waals surface area contributed by atoms with E-state index in [4.69, 9.17) is 16.3 Å². The molecule has 29 heavy (non-hydrogen) atoms. The quantitative estimate of drug-likeness (QED) is 0.311. The number of rotatable bonds is 4. The number of pyridine rings is 3. The van der Waals surface area contributed by atoms with Crippen LogP contribution in [0.1, 0.15) is 16.1 Å². The monoisotopic (exact) mass is 537 g/mol.